The number of amides is 2. The molecule has 2 aliphatic rings. The summed E-state index contributed by atoms with van der Waals surface area (Å²) in [6, 6.07) is 7.53. The Hall–Kier alpha value is -2.17. The van der Waals surface area contributed by atoms with Crippen molar-refractivity contribution in [3.05, 3.63) is 29.8 Å². The fourth-order valence-electron chi connectivity index (χ4n) is 2.31. The highest BCUT2D eigenvalue weighted by Gasteiger charge is 2.49. The van der Waals surface area contributed by atoms with Crippen LogP contribution in [0.5, 0.6) is 0 Å². The number of hydrogen-bond acceptors (Lipinski definition) is 3. The maximum absolute atomic E-state index is 11.3. The van der Waals surface area contributed by atoms with Gasteiger partial charge in [-0.15, -0.1) is 0 Å². The summed E-state index contributed by atoms with van der Waals surface area (Å²) < 4.78 is 0. The molecule has 2 unspecified atom stereocenters. The minimum absolute atomic E-state index is 0.0155. The van der Waals surface area contributed by atoms with Gasteiger partial charge in [-0.2, -0.15) is 5.10 Å². The first kappa shape index (κ1) is 11.0. The van der Waals surface area contributed by atoms with E-state index in [1.54, 1.807) is 0 Å². The van der Waals surface area contributed by atoms with Crippen LogP contribution in [-0.2, 0) is 9.59 Å². The first-order chi connectivity index (χ1) is 8.65. The molecule has 1 aliphatic carbocycles. The number of rotatable bonds is 2. The second-order valence-corrected chi connectivity index (χ2v) is 4.68. The molecule has 0 bridgehead atoms. The highest BCUT2D eigenvalue weighted by molar-refractivity contribution is 6.10. The van der Waals surface area contributed by atoms with E-state index in [1.165, 1.54) is 6.92 Å². The van der Waals surface area contributed by atoms with E-state index in [1.807, 2.05) is 24.3 Å². The van der Waals surface area contributed by atoms with Crippen LogP contribution in [0.2, 0.25) is 0 Å². The van der Waals surface area contributed by atoms with Gasteiger partial charge >= 0.3 is 0 Å². The topological polar surface area (TPSA) is 70.6 Å². The first-order valence-electron chi connectivity index (χ1n) is 5.90. The monoisotopic (exact) mass is 243 g/mol. The Morgan fingerprint density at radius 1 is 1.44 bits per heavy atom. The number of anilines is 1. The number of nitrogens with one attached hydrogen (secondary N) is 2. The van der Waals surface area contributed by atoms with Gasteiger partial charge in [-0.1, -0.05) is 12.1 Å². The van der Waals surface area contributed by atoms with Crippen LogP contribution >= 0.6 is 0 Å². The van der Waals surface area contributed by atoms with Crippen molar-refractivity contribution in [2.24, 2.45) is 16.9 Å². The molecule has 2 amide bonds. The van der Waals surface area contributed by atoms with Crippen molar-refractivity contribution < 1.29 is 9.59 Å². The molecule has 92 valence electrons. The summed E-state index contributed by atoms with van der Waals surface area (Å²) in [6.07, 6.45) is 0.870. The minimum atomic E-state index is -0.102. The van der Waals surface area contributed by atoms with Crippen LogP contribution in [0.3, 0.4) is 0 Å². The smallest absolute Gasteiger partial charge is 0.243 e. The van der Waals surface area contributed by atoms with Gasteiger partial charge in [-0.05, 0) is 18.6 Å². The largest absolute Gasteiger partial charge is 0.326 e. The Balaban J connectivity index is 1.89. The van der Waals surface area contributed by atoms with Crippen molar-refractivity contribution in [3.63, 3.8) is 0 Å². The SMILES string of the molecule is CC(=O)Nc1cccc(C2=NNC(=O)C3CC23)c1. The maximum Gasteiger partial charge on any atom is 0.243 e. The molecule has 0 saturated heterocycles. The van der Waals surface area contributed by atoms with Gasteiger partial charge in [0.1, 0.15) is 0 Å². The van der Waals surface area contributed by atoms with E-state index in [-0.39, 0.29) is 23.7 Å². The van der Waals surface area contributed by atoms with Crippen LogP contribution in [0.4, 0.5) is 5.69 Å². The molecule has 2 N–H and O–H groups in total. The maximum atomic E-state index is 11.3. The third-order valence-electron chi connectivity index (χ3n) is 3.24. The van der Waals surface area contributed by atoms with Crippen molar-refractivity contribution in [1.29, 1.82) is 0 Å². The molecular formula is C13H13N3O2. The zero-order valence-electron chi connectivity index (χ0n) is 9.93. The number of hydrogen-bond donors (Lipinski definition) is 2. The van der Waals surface area contributed by atoms with Crippen LogP contribution in [-0.4, -0.2) is 17.5 Å². The van der Waals surface area contributed by atoms with E-state index in [4.69, 9.17) is 0 Å². The molecule has 1 aromatic carbocycles. The number of benzene rings is 1. The van der Waals surface area contributed by atoms with Crippen molar-refractivity contribution in [3.8, 4) is 0 Å². The molecule has 18 heavy (non-hydrogen) atoms. The predicted octanol–water partition coefficient (Wildman–Crippen LogP) is 1.11. The van der Waals surface area contributed by atoms with Gasteiger partial charge < -0.3 is 5.32 Å². The van der Waals surface area contributed by atoms with Crippen LogP contribution in [0, 0.1) is 11.8 Å². The minimum Gasteiger partial charge on any atom is -0.326 e. The highest BCUT2D eigenvalue weighted by Crippen LogP contribution is 2.43. The summed E-state index contributed by atoms with van der Waals surface area (Å²) in [5, 5.41) is 6.87. The van der Waals surface area contributed by atoms with Crippen molar-refractivity contribution in [2.75, 3.05) is 5.32 Å². The fourth-order valence-corrected chi connectivity index (χ4v) is 2.31. The molecule has 0 radical (unpaired) electrons. The quantitative estimate of drug-likeness (QED) is 0.817. The molecule has 1 aliphatic heterocycles. The molecule has 5 nitrogen and oxygen atoms in total. The van der Waals surface area contributed by atoms with E-state index in [2.05, 4.69) is 15.8 Å². The summed E-state index contributed by atoms with van der Waals surface area (Å²) >= 11 is 0. The Morgan fingerprint density at radius 3 is 3.06 bits per heavy atom. The zero-order chi connectivity index (χ0) is 12.7. The summed E-state index contributed by atoms with van der Waals surface area (Å²) in [6.45, 7) is 1.47. The molecule has 3 rings (SSSR count). The lowest BCUT2D eigenvalue weighted by atomic mass is 10.0. The molecule has 0 spiro atoms. The molecular weight excluding hydrogens is 230 g/mol. The highest BCUT2D eigenvalue weighted by atomic mass is 16.2. The molecule has 5 heteroatoms. The third kappa shape index (κ3) is 1.88. The Labute approximate surface area is 104 Å². The molecule has 1 aromatic rings. The van der Waals surface area contributed by atoms with Gasteiger partial charge in [0.15, 0.2) is 0 Å². The second-order valence-electron chi connectivity index (χ2n) is 4.68. The van der Waals surface area contributed by atoms with Gasteiger partial charge in [0.05, 0.1) is 5.71 Å². The average Bonchev–Trinajstić information content (AvgIpc) is 3.09. The summed E-state index contributed by atoms with van der Waals surface area (Å²) in [5.41, 5.74) is 5.15. The predicted molar refractivity (Wildman–Crippen MR) is 67.0 cm³/mol. The zero-order valence-corrected chi connectivity index (χ0v) is 9.93. The number of carbonyl (C=O) groups is 2. The molecule has 2 atom stereocenters. The van der Waals surface area contributed by atoms with E-state index < -0.39 is 0 Å². The van der Waals surface area contributed by atoms with E-state index in [0.717, 1.165) is 23.4 Å². The Bertz CT molecular complexity index is 565. The van der Waals surface area contributed by atoms with Gasteiger partial charge in [-0.25, -0.2) is 5.43 Å². The van der Waals surface area contributed by atoms with Gasteiger partial charge in [-0.3, -0.25) is 9.59 Å². The average molecular weight is 243 g/mol. The standard InChI is InChI=1S/C13H13N3O2/c1-7(17)14-9-4-2-3-8(5-9)12-10-6-11(10)13(18)16-15-12/h2-5,10-11H,6H2,1H3,(H,14,17)(H,16,18). The van der Waals surface area contributed by atoms with E-state index in [0.29, 0.717) is 0 Å². The summed E-state index contributed by atoms with van der Waals surface area (Å²) in [5.74, 6) is 0.241. The third-order valence-corrected chi connectivity index (χ3v) is 3.24. The summed E-state index contributed by atoms with van der Waals surface area (Å²) in [4.78, 5) is 22.4. The van der Waals surface area contributed by atoms with Crippen LogP contribution < -0.4 is 10.7 Å². The van der Waals surface area contributed by atoms with Gasteiger partial charge in [0, 0.05) is 30.0 Å². The Morgan fingerprint density at radius 2 is 2.28 bits per heavy atom. The Kier molecular flexibility index (Phi) is 2.40. The van der Waals surface area contributed by atoms with Crippen LogP contribution in [0.15, 0.2) is 29.4 Å². The molecule has 1 heterocycles. The lowest BCUT2D eigenvalue weighted by Crippen LogP contribution is -2.28. The van der Waals surface area contributed by atoms with Crippen LogP contribution in [0.25, 0.3) is 0 Å². The lowest BCUT2D eigenvalue weighted by Gasteiger charge is -2.12. The number of fused-ring (bicyclic) bond motifs is 1. The van der Waals surface area contributed by atoms with E-state index >= 15 is 0 Å². The fraction of sp³-hybridized carbons (Fsp3) is 0.308. The number of nitrogens with zero attached hydrogens (tertiary/aromatic N) is 1. The number of hydrazone groups is 1. The van der Waals surface area contributed by atoms with Crippen molar-refractivity contribution in [1.82, 2.24) is 5.43 Å². The van der Waals surface area contributed by atoms with Crippen molar-refractivity contribution in [2.45, 2.75) is 13.3 Å². The van der Waals surface area contributed by atoms with Crippen molar-refractivity contribution >= 4 is 23.2 Å². The lowest BCUT2D eigenvalue weighted by molar-refractivity contribution is -0.122. The second kappa shape index (κ2) is 3.94. The molecule has 0 aromatic heterocycles. The molecule has 1 saturated carbocycles. The normalized spacial score (nSPS) is 24.7. The van der Waals surface area contributed by atoms with Gasteiger partial charge in [0.2, 0.25) is 11.8 Å². The first-order valence-corrected chi connectivity index (χ1v) is 5.90. The molecule has 1 fully saturated rings. The summed E-state index contributed by atoms with van der Waals surface area (Å²) in [7, 11) is 0. The van der Waals surface area contributed by atoms with E-state index in [9.17, 15) is 9.59 Å². The van der Waals surface area contributed by atoms with Gasteiger partial charge in [0.25, 0.3) is 0 Å². The van der Waals surface area contributed by atoms with Crippen LogP contribution in [0.1, 0.15) is 18.9 Å². The number of carbonyl (C=O) groups excluding carboxylic acids is 2.